The number of benzene rings is 2. The predicted octanol–water partition coefficient (Wildman–Crippen LogP) is 2.66. The van der Waals surface area contributed by atoms with Gasteiger partial charge < -0.3 is 14.4 Å². The van der Waals surface area contributed by atoms with Crippen molar-refractivity contribution in [2.45, 2.75) is 30.1 Å². The van der Waals surface area contributed by atoms with Gasteiger partial charge in [0.2, 0.25) is 15.9 Å². The number of ether oxygens (including phenoxy) is 2. The van der Waals surface area contributed by atoms with Crippen LogP contribution in [0.1, 0.15) is 29.9 Å². The molecule has 0 unspecified atom stereocenters. The Morgan fingerprint density at radius 1 is 1.03 bits per heavy atom. The molecule has 2 fully saturated rings. The molecule has 2 aliphatic rings. The fraction of sp³-hybridized carbons (Fsp3) is 0.458. The van der Waals surface area contributed by atoms with E-state index >= 15 is 0 Å². The van der Waals surface area contributed by atoms with E-state index in [2.05, 4.69) is 24.3 Å². The Morgan fingerprint density at radius 3 is 2.38 bits per heavy atom. The number of hydrogen-bond acceptors (Lipinski definition) is 5. The number of rotatable bonds is 6. The molecule has 8 heteroatoms. The molecule has 2 aliphatic heterocycles. The minimum atomic E-state index is -3.72. The Balaban J connectivity index is 1.44. The Labute approximate surface area is 190 Å². The van der Waals surface area contributed by atoms with Gasteiger partial charge >= 0.3 is 0 Å². The average molecular weight is 459 g/mol. The van der Waals surface area contributed by atoms with E-state index in [9.17, 15) is 13.2 Å². The molecule has 0 N–H and O–H groups in total. The number of hydrogen-bond donors (Lipinski definition) is 0. The van der Waals surface area contributed by atoms with Crippen molar-refractivity contribution in [2.24, 2.45) is 0 Å². The maximum Gasteiger partial charge on any atom is 0.246 e. The molecular formula is C24H30N2O5S. The van der Waals surface area contributed by atoms with E-state index in [1.165, 1.54) is 17.0 Å². The van der Waals surface area contributed by atoms with Crippen LogP contribution in [0, 0.1) is 0 Å². The second-order valence-electron chi connectivity index (χ2n) is 8.24. The molecule has 2 aromatic rings. The Kier molecular flexibility index (Phi) is 7.13. The Hall–Kier alpha value is -2.42. The zero-order valence-corrected chi connectivity index (χ0v) is 19.2. The predicted molar refractivity (Wildman–Crippen MR) is 121 cm³/mol. The molecule has 0 spiro atoms. The molecule has 0 bridgehead atoms. The first-order valence-corrected chi connectivity index (χ1v) is 12.5. The van der Waals surface area contributed by atoms with Gasteiger partial charge in [-0.1, -0.05) is 36.4 Å². The fourth-order valence-corrected chi connectivity index (χ4v) is 6.05. The van der Waals surface area contributed by atoms with Gasteiger partial charge in [-0.05, 0) is 42.0 Å². The van der Waals surface area contributed by atoms with Gasteiger partial charge in [0.1, 0.15) is 10.6 Å². The van der Waals surface area contributed by atoms with Crippen LogP contribution in [-0.2, 0) is 26.0 Å². The van der Waals surface area contributed by atoms with E-state index in [1.807, 2.05) is 11.0 Å². The van der Waals surface area contributed by atoms with Crippen molar-refractivity contribution in [1.29, 1.82) is 0 Å². The van der Waals surface area contributed by atoms with E-state index in [0.29, 0.717) is 50.9 Å². The second kappa shape index (κ2) is 10.0. The molecule has 0 aliphatic carbocycles. The number of morpholine rings is 1. The lowest BCUT2D eigenvalue weighted by Gasteiger charge is -2.32. The number of likely N-dealkylation sites (tertiary alicyclic amines) is 1. The van der Waals surface area contributed by atoms with Crippen molar-refractivity contribution in [3.63, 3.8) is 0 Å². The van der Waals surface area contributed by atoms with Gasteiger partial charge in [0, 0.05) is 26.2 Å². The van der Waals surface area contributed by atoms with Crippen LogP contribution < -0.4 is 4.74 Å². The third kappa shape index (κ3) is 4.98. The lowest BCUT2D eigenvalue weighted by atomic mass is 9.89. The van der Waals surface area contributed by atoms with E-state index in [-0.39, 0.29) is 23.0 Å². The van der Waals surface area contributed by atoms with E-state index in [1.54, 1.807) is 18.2 Å². The number of methoxy groups -OCH3 is 1. The molecule has 0 aromatic heterocycles. The van der Waals surface area contributed by atoms with Gasteiger partial charge in [-0.3, -0.25) is 4.79 Å². The molecule has 0 radical (unpaired) electrons. The first-order valence-electron chi connectivity index (χ1n) is 11.1. The normalized spacial score (nSPS) is 18.5. The zero-order chi connectivity index (χ0) is 22.6. The van der Waals surface area contributed by atoms with Crippen molar-refractivity contribution < 1.29 is 22.7 Å². The summed E-state index contributed by atoms with van der Waals surface area (Å²) in [6, 6.07) is 15.4. The summed E-state index contributed by atoms with van der Waals surface area (Å²) in [5.41, 5.74) is 2.00. The summed E-state index contributed by atoms with van der Waals surface area (Å²) in [5, 5.41) is 0. The van der Waals surface area contributed by atoms with Crippen molar-refractivity contribution in [1.82, 2.24) is 9.21 Å². The molecule has 0 atom stereocenters. The van der Waals surface area contributed by atoms with Gasteiger partial charge in [-0.15, -0.1) is 0 Å². The third-order valence-electron chi connectivity index (χ3n) is 6.29. The first kappa shape index (κ1) is 22.8. The summed E-state index contributed by atoms with van der Waals surface area (Å²) >= 11 is 0. The summed E-state index contributed by atoms with van der Waals surface area (Å²) in [6.07, 6.45) is 2.05. The topological polar surface area (TPSA) is 76.2 Å². The van der Waals surface area contributed by atoms with E-state index in [4.69, 9.17) is 9.47 Å². The lowest BCUT2D eigenvalue weighted by Crippen LogP contribution is -2.40. The quantitative estimate of drug-likeness (QED) is 0.665. The summed E-state index contributed by atoms with van der Waals surface area (Å²) in [4.78, 5) is 14.9. The van der Waals surface area contributed by atoms with Gasteiger partial charge in [0.05, 0.1) is 26.7 Å². The van der Waals surface area contributed by atoms with Crippen LogP contribution in [0.25, 0.3) is 0 Å². The highest BCUT2D eigenvalue weighted by atomic mass is 32.2. The van der Waals surface area contributed by atoms with E-state index < -0.39 is 10.0 Å². The molecule has 2 saturated heterocycles. The Bertz CT molecular complexity index is 1030. The highest BCUT2D eigenvalue weighted by Crippen LogP contribution is 2.30. The summed E-state index contributed by atoms with van der Waals surface area (Å²) < 4.78 is 38.4. The number of carbonyl (C=O) groups excluding carboxylic acids is 1. The van der Waals surface area contributed by atoms with Crippen molar-refractivity contribution >= 4 is 15.9 Å². The smallest absolute Gasteiger partial charge is 0.246 e. The monoisotopic (exact) mass is 458 g/mol. The molecule has 1 amide bonds. The third-order valence-corrected chi connectivity index (χ3v) is 8.21. The molecule has 2 heterocycles. The minimum Gasteiger partial charge on any atom is -0.495 e. The SMILES string of the molecule is COc1ccc(CC(=O)N2CCC(c3ccccc3)CC2)cc1S(=O)(=O)N1CCOCC1. The maximum atomic E-state index is 13.2. The van der Waals surface area contributed by atoms with Gasteiger partial charge in [0.15, 0.2) is 0 Å². The number of nitrogens with zero attached hydrogens (tertiary/aromatic N) is 2. The minimum absolute atomic E-state index is 0.0244. The Morgan fingerprint density at radius 2 is 1.72 bits per heavy atom. The molecule has 0 saturated carbocycles. The van der Waals surface area contributed by atoms with Gasteiger partial charge in [-0.2, -0.15) is 4.31 Å². The van der Waals surface area contributed by atoms with E-state index in [0.717, 1.165) is 12.8 Å². The highest BCUT2D eigenvalue weighted by Gasteiger charge is 2.30. The van der Waals surface area contributed by atoms with Gasteiger partial charge in [-0.25, -0.2) is 8.42 Å². The van der Waals surface area contributed by atoms with Crippen LogP contribution in [0.15, 0.2) is 53.4 Å². The fourth-order valence-electron chi connectivity index (χ4n) is 4.43. The molecule has 172 valence electrons. The largest absolute Gasteiger partial charge is 0.495 e. The van der Waals surface area contributed by atoms with Crippen LogP contribution in [0.2, 0.25) is 0 Å². The second-order valence-corrected chi connectivity index (χ2v) is 10.2. The van der Waals surface area contributed by atoms with Crippen LogP contribution in [-0.4, -0.2) is 70.0 Å². The number of amides is 1. The highest BCUT2D eigenvalue weighted by molar-refractivity contribution is 7.89. The number of carbonyl (C=O) groups is 1. The van der Waals surface area contributed by atoms with Crippen molar-refractivity contribution in [3.05, 3.63) is 59.7 Å². The van der Waals surface area contributed by atoms with Crippen LogP contribution in [0.4, 0.5) is 0 Å². The summed E-state index contributed by atoms with van der Waals surface area (Å²) in [5.74, 6) is 0.791. The molecule has 4 rings (SSSR count). The van der Waals surface area contributed by atoms with Gasteiger partial charge in [0.25, 0.3) is 0 Å². The van der Waals surface area contributed by atoms with Crippen molar-refractivity contribution in [3.8, 4) is 5.75 Å². The lowest BCUT2D eigenvalue weighted by molar-refractivity contribution is -0.131. The number of piperidine rings is 1. The molecule has 32 heavy (non-hydrogen) atoms. The zero-order valence-electron chi connectivity index (χ0n) is 18.4. The average Bonchev–Trinajstić information content (AvgIpc) is 2.85. The summed E-state index contributed by atoms with van der Waals surface area (Å²) in [6.45, 7) is 2.80. The molecular weight excluding hydrogens is 428 g/mol. The van der Waals surface area contributed by atoms with Crippen LogP contribution >= 0.6 is 0 Å². The molecule has 7 nitrogen and oxygen atoms in total. The summed E-state index contributed by atoms with van der Waals surface area (Å²) in [7, 11) is -2.27. The number of sulfonamides is 1. The van der Waals surface area contributed by atoms with Crippen LogP contribution in [0.3, 0.4) is 0 Å². The van der Waals surface area contributed by atoms with Crippen molar-refractivity contribution in [2.75, 3.05) is 46.5 Å². The molecule has 2 aromatic carbocycles. The van der Waals surface area contributed by atoms with Crippen LogP contribution in [0.5, 0.6) is 5.75 Å². The standard InChI is InChI=1S/C24H30N2O5S/c1-30-22-8-7-19(17-23(22)32(28,29)26-13-15-31-16-14-26)18-24(27)25-11-9-21(10-12-25)20-5-3-2-4-6-20/h2-8,17,21H,9-16,18H2,1H3. The first-order chi connectivity index (χ1) is 15.5. The maximum absolute atomic E-state index is 13.2.